The van der Waals surface area contributed by atoms with Gasteiger partial charge in [-0.25, -0.2) is 4.21 Å². The number of nitrogens with zero attached hydrogens (tertiary/aromatic N) is 5. The van der Waals surface area contributed by atoms with Crippen LogP contribution in [0.25, 0.3) is 0 Å². The van der Waals surface area contributed by atoms with E-state index >= 15 is 0 Å². The largest absolute Gasteiger partial charge is 0.433 e. The van der Waals surface area contributed by atoms with E-state index in [9.17, 15) is 17.4 Å². The predicted octanol–water partition coefficient (Wildman–Crippen LogP) is 3.73. The molecule has 6 nitrogen and oxygen atoms in total. The quantitative estimate of drug-likeness (QED) is 0.665. The van der Waals surface area contributed by atoms with Crippen molar-refractivity contribution in [2.24, 2.45) is 8.73 Å². The van der Waals surface area contributed by atoms with Gasteiger partial charge < -0.3 is 0 Å². The van der Waals surface area contributed by atoms with Crippen molar-refractivity contribution in [2.45, 2.75) is 12.6 Å². The van der Waals surface area contributed by atoms with Crippen LogP contribution in [0.1, 0.15) is 11.3 Å². The van der Waals surface area contributed by atoms with Gasteiger partial charge in [-0.15, -0.1) is 4.36 Å². The fourth-order valence-electron chi connectivity index (χ4n) is 1.26. The summed E-state index contributed by atoms with van der Waals surface area (Å²) in [5, 5.41) is 16.1. The van der Waals surface area contributed by atoms with Gasteiger partial charge in [-0.2, -0.15) is 39.8 Å². The first kappa shape index (κ1) is 27.6. The molecule has 0 aliphatic carbocycles. The van der Waals surface area contributed by atoms with E-state index in [1.807, 2.05) is 25.0 Å². The Morgan fingerprint density at radius 1 is 1.26 bits per heavy atom. The summed E-state index contributed by atoms with van der Waals surface area (Å²) in [7, 11) is -2.66. The number of aromatic nitrogens is 1. The van der Waals surface area contributed by atoms with Crippen LogP contribution in [0.2, 0.25) is 0 Å². The Bertz CT molecular complexity index is 783. The normalized spacial score (nSPS) is 12.1. The summed E-state index contributed by atoms with van der Waals surface area (Å²) in [5.74, 6) is 0.105. The van der Waals surface area contributed by atoms with Crippen LogP contribution in [-0.2, 0) is 33.0 Å². The van der Waals surface area contributed by atoms with Crippen LogP contribution in [0, 0.1) is 22.9 Å². The van der Waals surface area contributed by atoms with Crippen molar-refractivity contribution in [3.63, 3.8) is 0 Å². The number of alkyl halides is 3. The highest BCUT2D eigenvalue weighted by Crippen LogP contribution is 2.27. The first-order chi connectivity index (χ1) is 12.4. The van der Waals surface area contributed by atoms with Gasteiger partial charge >= 0.3 is 6.18 Å². The molecule has 27 heavy (non-hydrogen) atoms. The van der Waals surface area contributed by atoms with Gasteiger partial charge in [0.05, 0.1) is 9.73 Å². The number of rotatable bonds is 3. The third-order valence-electron chi connectivity index (χ3n) is 2.34. The Labute approximate surface area is 165 Å². The highest BCUT2D eigenvalue weighted by Gasteiger charge is 2.31. The minimum Gasteiger partial charge on any atom is -0.252 e. The van der Waals surface area contributed by atoms with Crippen LogP contribution >= 0.6 is 11.8 Å². The second kappa shape index (κ2) is 14.4. The third kappa shape index (κ3) is 16.3. The minimum atomic E-state index is -4.47. The van der Waals surface area contributed by atoms with Crippen molar-refractivity contribution in [2.75, 3.05) is 37.0 Å². The molecule has 152 valence electrons. The Balaban J connectivity index is 0. The molecule has 0 spiro atoms. The summed E-state index contributed by atoms with van der Waals surface area (Å²) in [5.41, 5.74) is -0.448. The zero-order valence-corrected chi connectivity index (χ0v) is 18.1. The molecule has 0 fully saturated rings. The predicted molar refractivity (Wildman–Crippen MR) is 107 cm³/mol. The van der Waals surface area contributed by atoms with Crippen LogP contribution in [0.4, 0.5) is 13.2 Å². The van der Waals surface area contributed by atoms with E-state index < -0.39 is 21.6 Å². The summed E-state index contributed by atoms with van der Waals surface area (Å²) in [6.07, 6.45) is 9.24. The zero-order valence-electron chi connectivity index (χ0n) is 15.6. The SMILES string of the molecule is CS(=O)(CCc1ccc(C(F)(F)F)nc1)=NC#N.CS(C)=NC#N.CSC. The number of hydrogen-bond acceptors (Lipinski definition) is 7. The van der Waals surface area contributed by atoms with Crippen LogP contribution in [0.15, 0.2) is 27.1 Å². The third-order valence-corrected chi connectivity index (χ3v) is 4.22. The molecule has 12 heteroatoms. The van der Waals surface area contributed by atoms with E-state index in [-0.39, 0.29) is 22.9 Å². The Morgan fingerprint density at radius 2 is 1.81 bits per heavy atom. The average Bonchev–Trinajstić information content (AvgIpc) is 2.54. The van der Waals surface area contributed by atoms with Crippen molar-refractivity contribution in [1.82, 2.24) is 4.98 Å². The molecule has 0 saturated carbocycles. The van der Waals surface area contributed by atoms with Crippen molar-refractivity contribution < 1.29 is 17.4 Å². The lowest BCUT2D eigenvalue weighted by molar-refractivity contribution is -0.141. The Kier molecular flexibility index (Phi) is 14.7. The molecule has 0 aliphatic rings. The molecule has 0 radical (unpaired) electrons. The Morgan fingerprint density at radius 3 is 2.11 bits per heavy atom. The van der Waals surface area contributed by atoms with Crippen molar-refractivity contribution in [1.29, 1.82) is 10.5 Å². The van der Waals surface area contributed by atoms with Gasteiger partial charge in [-0.05, 0) is 43.1 Å². The molecule has 0 N–H and O–H groups in total. The van der Waals surface area contributed by atoms with Crippen LogP contribution in [0.5, 0.6) is 0 Å². The van der Waals surface area contributed by atoms with Gasteiger partial charge in [0, 0.05) is 18.2 Å². The first-order valence-electron chi connectivity index (χ1n) is 7.11. The second-order valence-electron chi connectivity index (χ2n) is 5.03. The maximum absolute atomic E-state index is 12.2. The molecule has 0 amide bonds. The molecular weight excluding hydrogens is 419 g/mol. The molecule has 1 heterocycles. The number of hydrogen-bond donors (Lipinski definition) is 0. The molecule has 1 aromatic rings. The standard InChI is InChI=1S/C10H10F3N3OS.C3H6N2S.C2H6S/c1-18(17,16-7-14)5-4-8-2-3-9(15-6-8)10(11,12)13;1-6(2)5-3-4;1-3-2/h2-3,6H,4-5H2,1H3;1-2H3;1-2H3. The van der Waals surface area contributed by atoms with E-state index in [1.165, 1.54) is 18.5 Å². The zero-order chi connectivity index (χ0) is 21.5. The fraction of sp³-hybridized carbons (Fsp3) is 0.533. The summed E-state index contributed by atoms with van der Waals surface area (Å²) in [4.78, 5) is 3.28. The molecule has 0 aliphatic heterocycles. The Hall–Kier alpha value is -1.63. The van der Waals surface area contributed by atoms with Gasteiger partial charge in [-0.3, -0.25) is 4.98 Å². The smallest absolute Gasteiger partial charge is 0.252 e. The molecule has 1 atom stereocenters. The minimum absolute atomic E-state index is 0.0517. The van der Waals surface area contributed by atoms with Gasteiger partial charge in [0.25, 0.3) is 0 Å². The molecule has 0 aromatic carbocycles. The molecule has 1 rings (SSSR count). The number of halogens is 3. The number of aryl methyl sites for hydroxylation is 1. The summed E-state index contributed by atoms with van der Waals surface area (Å²) in [6.45, 7) is 0. The van der Waals surface area contributed by atoms with Gasteiger partial charge in [0.1, 0.15) is 5.69 Å². The van der Waals surface area contributed by atoms with Crippen LogP contribution in [0.3, 0.4) is 0 Å². The monoisotopic (exact) mass is 441 g/mol. The lowest BCUT2D eigenvalue weighted by Gasteiger charge is -2.06. The maximum Gasteiger partial charge on any atom is 0.433 e. The molecule has 0 saturated heterocycles. The van der Waals surface area contributed by atoms with Crippen LogP contribution in [-0.4, -0.2) is 46.2 Å². The van der Waals surface area contributed by atoms with Crippen molar-refractivity contribution in [3.05, 3.63) is 29.6 Å². The van der Waals surface area contributed by atoms with E-state index in [2.05, 4.69) is 13.7 Å². The second-order valence-corrected chi connectivity index (χ2v) is 10.1. The highest BCUT2D eigenvalue weighted by atomic mass is 32.2. The highest BCUT2D eigenvalue weighted by molar-refractivity contribution is 7.97. The van der Waals surface area contributed by atoms with Gasteiger partial charge in [0.15, 0.2) is 0 Å². The maximum atomic E-state index is 12.2. The van der Waals surface area contributed by atoms with E-state index in [0.717, 1.165) is 12.3 Å². The van der Waals surface area contributed by atoms with Gasteiger partial charge in [0.2, 0.25) is 12.4 Å². The summed E-state index contributed by atoms with van der Waals surface area (Å²) in [6, 6.07) is 2.14. The lowest BCUT2D eigenvalue weighted by Crippen LogP contribution is -2.09. The number of nitriles is 2. The molecule has 0 bridgehead atoms. The van der Waals surface area contributed by atoms with Gasteiger partial charge in [-0.1, -0.05) is 16.8 Å². The van der Waals surface area contributed by atoms with Crippen molar-refractivity contribution >= 4 is 32.2 Å². The molecule has 1 unspecified atom stereocenters. The lowest BCUT2D eigenvalue weighted by atomic mass is 10.2. The average molecular weight is 442 g/mol. The number of pyridine rings is 1. The number of thioether (sulfide) groups is 1. The molecular formula is C15H22F3N5OS3. The van der Waals surface area contributed by atoms with E-state index in [4.69, 9.17) is 10.5 Å². The van der Waals surface area contributed by atoms with E-state index in [1.54, 1.807) is 18.0 Å². The topological polar surface area (TPSA) is 102 Å². The first-order valence-corrected chi connectivity index (χ1v) is 12.8. The van der Waals surface area contributed by atoms with Crippen molar-refractivity contribution in [3.8, 4) is 12.4 Å². The molecule has 1 aromatic heterocycles. The summed E-state index contributed by atoms with van der Waals surface area (Å²) >= 11 is 1.75. The summed E-state index contributed by atoms with van der Waals surface area (Å²) < 4.78 is 55.0. The van der Waals surface area contributed by atoms with E-state index in [0.29, 0.717) is 5.56 Å². The van der Waals surface area contributed by atoms with Crippen LogP contribution < -0.4 is 0 Å². The fourth-order valence-corrected chi connectivity index (χ4v) is 2.30.